The number of rotatable bonds is 4. The molecule has 0 fully saturated rings. The van der Waals surface area contributed by atoms with E-state index < -0.39 is 0 Å². The molecule has 0 saturated heterocycles. The van der Waals surface area contributed by atoms with E-state index in [2.05, 4.69) is 15.6 Å². The number of halogens is 1. The van der Waals surface area contributed by atoms with Crippen LogP contribution in [0.2, 0.25) is 0 Å². The van der Waals surface area contributed by atoms with Crippen molar-refractivity contribution in [2.75, 3.05) is 6.54 Å². The number of allylic oxidation sites excluding steroid dienone is 1. The largest absolute Gasteiger partial charge is 0.337 e. The number of hydrogen-bond donors (Lipinski definition) is 2. The molecule has 1 aliphatic rings. The van der Waals surface area contributed by atoms with E-state index in [0.717, 1.165) is 24.1 Å². The van der Waals surface area contributed by atoms with Crippen molar-refractivity contribution in [3.8, 4) is 0 Å². The minimum atomic E-state index is -0.267. The van der Waals surface area contributed by atoms with Crippen molar-refractivity contribution < 1.29 is 9.18 Å². The van der Waals surface area contributed by atoms with Gasteiger partial charge in [-0.15, -0.1) is 0 Å². The fourth-order valence-electron chi connectivity index (χ4n) is 1.94. The molecule has 0 unspecified atom stereocenters. The predicted octanol–water partition coefficient (Wildman–Crippen LogP) is 2.76. The molecule has 20 heavy (non-hydrogen) atoms. The lowest BCUT2D eigenvalue weighted by atomic mass is 10.1. The van der Waals surface area contributed by atoms with Crippen molar-refractivity contribution in [3.05, 3.63) is 47.5 Å². The average molecular weight is 275 g/mol. The first-order valence-electron chi connectivity index (χ1n) is 6.67. The van der Waals surface area contributed by atoms with E-state index in [9.17, 15) is 9.18 Å². The van der Waals surface area contributed by atoms with Crippen LogP contribution >= 0.6 is 0 Å². The third-order valence-electron chi connectivity index (χ3n) is 3.01. The standard InChI is InChI=1S/C15H18FN3O/c1-11-3-2-4-14(18-11)19-15(20)17-10-9-12-5-7-13(16)8-6-12/h4-8H,2-3,9-10H2,1H3,(H2,17,19,20). The minimum Gasteiger partial charge on any atom is -0.337 e. The third-order valence-corrected chi connectivity index (χ3v) is 3.01. The van der Waals surface area contributed by atoms with Gasteiger partial charge in [0.05, 0.1) is 0 Å². The number of urea groups is 1. The summed E-state index contributed by atoms with van der Waals surface area (Å²) in [6.45, 7) is 2.44. The van der Waals surface area contributed by atoms with Crippen LogP contribution in [0.3, 0.4) is 0 Å². The monoisotopic (exact) mass is 275 g/mol. The number of carbonyl (C=O) groups is 1. The van der Waals surface area contributed by atoms with Crippen LogP contribution in [-0.4, -0.2) is 18.3 Å². The zero-order valence-electron chi connectivity index (χ0n) is 11.4. The van der Waals surface area contributed by atoms with Gasteiger partial charge in [0.1, 0.15) is 11.6 Å². The van der Waals surface area contributed by atoms with Gasteiger partial charge in [-0.25, -0.2) is 14.2 Å². The van der Waals surface area contributed by atoms with Gasteiger partial charge in [-0.05, 0) is 50.0 Å². The van der Waals surface area contributed by atoms with E-state index in [-0.39, 0.29) is 11.8 Å². The molecule has 5 heteroatoms. The second kappa shape index (κ2) is 6.84. The van der Waals surface area contributed by atoms with Gasteiger partial charge in [0.15, 0.2) is 0 Å². The molecule has 0 aromatic heterocycles. The van der Waals surface area contributed by atoms with Gasteiger partial charge in [-0.3, -0.25) is 5.32 Å². The molecule has 1 aromatic rings. The summed E-state index contributed by atoms with van der Waals surface area (Å²) in [7, 11) is 0. The highest BCUT2D eigenvalue weighted by Gasteiger charge is 2.06. The second-order valence-corrected chi connectivity index (χ2v) is 4.73. The van der Waals surface area contributed by atoms with Crippen LogP contribution < -0.4 is 10.6 Å². The summed E-state index contributed by atoms with van der Waals surface area (Å²) in [5.41, 5.74) is 2.01. The summed E-state index contributed by atoms with van der Waals surface area (Å²) in [6.07, 6.45) is 4.42. The van der Waals surface area contributed by atoms with Crippen LogP contribution in [-0.2, 0) is 6.42 Å². The summed E-state index contributed by atoms with van der Waals surface area (Å²) < 4.78 is 12.7. The lowest BCUT2D eigenvalue weighted by Crippen LogP contribution is -2.36. The highest BCUT2D eigenvalue weighted by atomic mass is 19.1. The molecule has 0 aliphatic carbocycles. The normalized spacial score (nSPS) is 14.3. The fourth-order valence-corrected chi connectivity index (χ4v) is 1.94. The number of nitrogens with zero attached hydrogens (tertiary/aromatic N) is 1. The van der Waals surface area contributed by atoms with Gasteiger partial charge in [0.2, 0.25) is 0 Å². The van der Waals surface area contributed by atoms with Gasteiger partial charge in [0.25, 0.3) is 0 Å². The van der Waals surface area contributed by atoms with Gasteiger partial charge >= 0.3 is 6.03 Å². The summed E-state index contributed by atoms with van der Waals surface area (Å²) in [5.74, 6) is 0.352. The first-order valence-corrected chi connectivity index (χ1v) is 6.67. The molecule has 0 spiro atoms. The van der Waals surface area contributed by atoms with Crippen molar-refractivity contribution in [1.82, 2.24) is 10.6 Å². The molecule has 1 aliphatic heterocycles. The molecule has 106 valence electrons. The molecule has 2 N–H and O–H groups in total. The molecule has 0 bridgehead atoms. The number of hydrogen-bond acceptors (Lipinski definition) is 2. The quantitative estimate of drug-likeness (QED) is 0.872. The van der Waals surface area contributed by atoms with Gasteiger partial charge in [0, 0.05) is 12.3 Å². The van der Waals surface area contributed by atoms with E-state index in [1.54, 1.807) is 12.1 Å². The van der Waals surface area contributed by atoms with Gasteiger partial charge in [-0.2, -0.15) is 0 Å². The lowest BCUT2D eigenvalue weighted by molar-refractivity contribution is 0.243. The summed E-state index contributed by atoms with van der Waals surface area (Å²) >= 11 is 0. The number of nitrogens with one attached hydrogen (secondary N) is 2. The molecule has 0 radical (unpaired) electrons. The van der Waals surface area contributed by atoms with E-state index in [1.807, 2.05) is 13.0 Å². The molecule has 0 atom stereocenters. The Morgan fingerprint density at radius 1 is 1.35 bits per heavy atom. The number of aliphatic imine (C=N–C) groups is 1. The Morgan fingerprint density at radius 3 is 2.80 bits per heavy atom. The molecule has 4 nitrogen and oxygen atoms in total. The van der Waals surface area contributed by atoms with E-state index in [1.165, 1.54) is 12.1 Å². The lowest BCUT2D eigenvalue weighted by Gasteiger charge is -2.12. The molecule has 1 heterocycles. The van der Waals surface area contributed by atoms with Crippen LogP contribution in [0.5, 0.6) is 0 Å². The fraction of sp³-hybridized carbons (Fsp3) is 0.333. The van der Waals surface area contributed by atoms with Gasteiger partial charge < -0.3 is 5.32 Å². The van der Waals surface area contributed by atoms with Crippen LogP contribution in [0.15, 0.2) is 41.2 Å². The average Bonchev–Trinajstić information content (AvgIpc) is 2.41. The topological polar surface area (TPSA) is 53.5 Å². The van der Waals surface area contributed by atoms with E-state index >= 15 is 0 Å². The smallest absolute Gasteiger partial charge is 0.320 e. The maximum atomic E-state index is 12.7. The number of amides is 2. The van der Waals surface area contributed by atoms with Crippen LogP contribution in [0.1, 0.15) is 25.3 Å². The van der Waals surface area contributed by atoms with Crippen LogP contribution in [0.25, 0.3) is 0 Å². The summed E-state index contributed by atoms with van der Waals surface area (Å²) in [4.78, 5) is 15.9. The van der Waals surface area contributed by atoms with Crippen molar-refractivity contribution in [1.29, 1.82) is 0 Å². The van der Waals surface area contributed by atoms with E-state index in [4.69, 9.17) is 0 Å². The first kappa shape index (κ1) is 14.2. The molecule has 1 aromatic carbocycles. The third kappa shape index (κ3) is 4.50. The van der Waals surface area contributed by atoms with Crippen molar-refractivity contribution in [2.45, 2.75) is 26.2 Å². The SMILES string of the molecule is CC1=NC(NC(=O)NCCc2ccc(F)cc2)=CCC1. The Balaban J connectivity index is 1.73. The molecule has 2 amide bonds. The molecular formula is C15H18FN3O. The Hall–Kier alpha value is -2.17. The van der Waals surface area contributed by atoms with Crippen molar-refractivity contribution >= 4 is 11.7 Å². The van der Waals surface area contributed by atoms with Crippen LogP contribution in [0, 0.1) is 5.82 Å². The Kier molecular flexibility index (Phi) is 4.87. The minimum absolute atomic E-state index is 0.253. The Bertz CT molecular complexity index is 535. The maximum absolute atomic E-state index is 12.7. The van der Waals surface area contributed by atoms with Crippen molar-refractivity contribution in [2.24, 2.45) is 4.99 Å². The summed E-state index contributed by atoms with van der Waals surface area (Å²) in [6, 6.07) is 6.00. The second-order valence-electron chi connectivity index (χ2n) is 4.73. The molecular weight excluding hydrogens is 257 g/mol. The number of benzene rings is 1. The summed E-state index contributed by atoms with van der Waals surface area (Å²) in [5, 5.41) is 5.46. The number of carbonyl (C=O) groups excluding carboxylic acids is 1. The Labute approximate surface area is 117 Å². The highest BCUT2D eigenvalue weighted by molar-refractivity contribution is 5.85. The van der Waals surface area contributed by atoms with E-state index in [0.29, 0.717) is 18.8 Å². The molecule has 0 saturated carbocycles. The molecule has 2 rings (SSSR count). The predicted molar refractivity (Wildman–Crippen MR) is 77.1 cm³/mol. The maximum Gasteiger partial charge on any atom is 0.320 e. The zero-order valence-corrected chi connectivity index (χ0v) is 11.4. The highest BCUT2D eigenvalue weighted by Crippen LogP contribution is 2.07. The Morgan fingerprint density at radius 2 is 2.10 bits per heavy atom. The van der Waals surface area contributed by atoms with Crippen LogP contribution in [0.4, 0.5) is 9.18 Å². The van der Waals surface area contributed by atoms with Crippen molar-refractivity contribution in [3.63, 3.8) is 0 Å². The first-order chi connectivity index (χ1) is 9.63. The van der Waals surface area contributed by atoms with Gasteiger partial charge in [-0.1, -0.05) is 12.1 Å². The zero-order chi connectivity index (χ0) is 14.4.